The number of allylic oxidation sites excluding steroid dienone is 3. The van der Waals surface area contributed by atoms with Crippen molar-refractivity contribution in [2.24, 2.45) is 4.99 Å². The second-order valence-electron chi connectivity index (χ2n) is 2.98. The molecule has 2 nitrogen and oxygen atoms in total. The van der Waals surface area contributed by atoms with E-state index in [2.05, 4.69) is 4.99 Å². The number of aldehydes is 1. The third-order valence-electron chi connectivity index (χ3n) is 1.95. The fraction of sp³-hybridized carbons (Fsp3) is 0.455. The molecule has 0 aromatic carbocycles. The number of hydrogen-bond donors (Lipinski definition) is 0. The standard InChI is InChI=1S/C11H15Cl2NO/c1-4-8(3)10(12)9(6-7-15)11(13)14-5-2/h5,7H,4,6H2,1-3H3. The van der Waals surface area contributed by atoms with Crippen molar-refractivity contribution in [3.05, 3.63) is 21.3 Å². The van der Waals surface area contributed by atoms with Gasteiger partial charge in [0.25, 0.3) is 0 Å². The second-order valence-corrected chi connectivity index (χ2v) is 3.71. The van der Waals surface area contributed by atoms with Gasteiger partial charge >= 0.3 is 0 Å². The quantitative estimate of drug-likeness (QED) is 0.312. The van der Waals surface area contributed by atoms with E-state index in [-0.39, 0.29) is 11.6 Å². The van der Waals surface area contributed by atoms with Gasteiger partial charge in [0.05, 0.1) is 0 Å². The number of aliphatic imine (C=N–C) groups is 1. The summed E-state index contributed by atoms with van der Waals surface area (Å²) >= 11 is 12.0. The van der Waals surface area contributed by atoms with E-state index < -0.39 is 0 Å². The third kappa shape index (κ3) is 4.63. The van der Waals surface area contributed by atoms with Crippen molar-refractivity contribution in [3.63, 3.8) is 0 Å². The Hall–Kier alpha value is -0.600. The van der Waals surface area contributed by atoms with Crippen molar-refractivity contribution in [3.8, 4) is 0 Å². The predicted molar refractivity (Wildman–Crippen MR) is 66.6 cm³/mol. The van der Waals surface area contributed by atoms with Crippen molar-refractivity contribution >= 4 is 35.7 Å². The van der Waals surface area contributed by atoms with Crippen LogP contribution in [0.4, 0.5) is 0 Å². The number of carbonyl (C=O) groups excluding carboxylic acids is 1. The van der Waals surface area contributed by atoms with Crippen molar-refractivity contribution in [2.75, 3.05) is 0 Å². The summed E-state index contributed by atoms with van der Waals surface area (Å²) in [6, 6.07) is 0. The second kappa shape index (κ2) is 7.66. The fourth-order valence-corrected chi connectivity index (χ4v) is 1.57. The molecule has 0 aromatic rings. The maximum Gasteiger partial charge on any atom is 0.133 e. The van der Waals surface area contributed by atoms with E-state index in [0.717, 1.165) is 18.3 Å². The molecule has 15 heavy (non-hydrogen) atoms. The van der Waals surface area contributed by atoms with Gasteiger partial charge in [-0.1, -0.05) is 35.7 Å². The zero-order valence-electron chi connectivity index (χ0n) is 9.18. The van der Waals surface area contributed by atoms with Gasteiger partial charge < -0.3 is 4.79 Å². The van der Waals surface area contributed by atoms with E-state index >= 15 is 0 Å². The molecule has 0 heterocycles. The molecule has 0 unspecified atom stereocenters. The molecule has 0 N–H and O–H groups in total. The van der Waals surface area contributed by atoms with E-state index in [4.69, 9.17) is 23.2 Å². The van der Waals surface area contributed by atoms with E-state index in [9.17, 15) is 4.79 Å². The Balaban J connectivity index is 5.31. The molecule has 0 amide bonds. The molecular formula is C11H15Cl2NO. The number of hydrogen-bond acceptors (Lipinski definition) is 2. The summed E-state index contributed by atoms with van der Waals surface area (Å²) in [5.74, 6) is 0. The maximum atomic E-state index is 10.5. The summed E-state index contributed by atoms with van der Waals surface area (Å²) in [5.41, 5.74) is 1.59. The van der Waals surface area contributed by atoms with E-state index in [0.29, 0.717) is 10.6 Å². The first-order valence-corrected chi connectivity index (χ1v) is 5.50. The Kier molecular flexibility index (Phi) is 7.35. The van der Waals surface area contributed by atoms with Gasteiger partial charge in [0.2, 0.25) is 0 Å². The first kappa shape index (κ1) is 14.4. The zero-order chi connectivity index (χ0) is 11.8. The minimum atomic E-state index is 0.187. The molecule has 0 atom stereocenters. The molecule has 0 aliphatic rings. The van der Waals surface area contributed by atoms with Crippen LogP contribution in [0.25, 0.3) is 0 Å². The van der Waals surface area contributed by atoms with Crippen molar-refractivity contribution in [1.29, 1.82) is 0 Å². The Bertz CT molecular complexity index is 317. The largest absolute Gasteiger partial charge is 0.303 e. The first-order valence-electron chi connectivity index (χ1n) is 4.75. The van der Waals surface area contributed by atoms with Gasteiger partial charge in [-0.25, -0.2) is 4.99 Å². The molecular weight excluding hydrogens is 233 g/mol. The average Bonchev–Trinajstić information content (AvgIpc) is 2.24. The van der Waals surface area contributed by atoms with Crippen molar-refractivity contribution in [2.45, 2.75) is 33.6 Å². The molecule has 0 aliphatic carbocycles. The molecule has 84 valence electrons. The van der Waals surface area contributed by atoms with Crippen LogP contribution in [-0.2, 0) is 4.79 Å². The summed E-state index contributed by atoms with van der Waals surface area (Å²) < 4.78 is 0. The van der Waals surface area contributed by atoms with Crippen molar-refractivity contribution in [1.82, 2.24) is 0 Å². The SMILES string of the molecule is CC=NC(Cl)=C(CC=O)C(Cl)=C(C)CC. The molecule has 0 aromatic heterocycles. The minimum absolute atomic E-state index is 0.187. The zero-order valence-corrected chi connectivity index (χ0v) is 10.7. The van der Waals surface area contributed by atoms with Gasteiger partial charge in [0.1, 0.15) is 11.4 Å². The molecule has 0 saturated heterocycles. The summed E-state index contributed by atoms with van der Waals surface area (Å²) in [4.78, 5) is 14.4. The van der Waals surface area contributed by atoms with Crippen LogP contribution in [0.3, 0.4) is 0 Å². The Morgan fingerprint density at radius 2 is 2.00 bits per heavy atom. The van der Waals surface area contributed by atoms with Gasteiger partial charge in [0, 0.05) is 23.2 Å². The van der Waals surface area contributed by atoms with E-state index in [1.165, 1.54) is 0 Å². The van der Waals surface area contributed by atoms with Crippen LogP contribution in [-0.4, -0.2) is 12.5 Å². The molecule has 0 bridgehead atoms. The van der Waals surface area contributed by atoms with Crippen LogP contribution in [0.15, 0.2) is 26.3 Å². The van der Waals surface area contributed by atoms with Gasteiger partial charge in [-0.2, -0.15) is 0 Å². The number of nitrogens with zero attached hydrogens (tertiary/aromatic N) is 1. The topological polar surface area (TPSA) is 29.4 Å². The monoisotopic (exact) mass is 247 g/mol. The van der Waals surface area contributed by atoms with Crippen LogP contribution in [0.2, 0.25) is 0 Å². The highest BCUT2D eigenvalue weighted by molar-refractivity contribution is 6.36. The summed E-state index contributed by atoms with van der Waals surface area (Å²) in [6.07, 6.45) is 3.35. The average molecular weight is 248 g/mol. The number of rotatable bonds is 5. The fourth-order valence-electron chi connectivity index (χ4n) is 0.952. The lowest BCUT2D eigenvalue weighted by atomic mass is 10.1. The molecule has 0 saturated carbocycles. The summed E-state index contributed by atoms with van der Waals surface area (Å²) in [5, 5.41) is 0.822. The highest BCUT2D eigenvalue weighted by atomic mass is 35.5. The molecule has 0 spiro atoms. The lowest BCUT2D eigenvalue weighted by Crippen LogP contribution is -1.92. The van der Waals surface area contributed by atoms with Crippen LogP contribution in [0, 0.1) is 0 Å². The van der Waals surface area contributed by atoms with Gasteiger partial charge in [-0.05, 0) is 20.3 Å². The molecule has 4 heteroatoms. The Morgan fingerprint density at radius 1 is 1.40 bits per heavy atom. The molecule has 0 fully saturated rings. The Labute approximate surface area is 101 Å². The van der Waals surface area contributed by atoms with Crippen LogP contribution < -0.4 is 0 Å². The van der Waals surface area contributed by atoms with Crippen LogP contribution in [0.1, 0.15) is 33.6 Å². The highest BCUT2D eigenvalue weighted by Gasteiger charge is 2.10. The van der Waals surface area contributed by atoms with Gasteiger partial charge in [0.15, 0.2) is 0 Å². The minimum Gasteiger partial charge on any atom is -0.303 e. The molecule has 0 rings (SSSR count). The molecule has 0 radical (unpaired) electrons. The lowest BCUT2D eigenvalue weighted by molar-refractivity contribution is -0.107. The van der Waals surface area contributed by atoms with E-state index in [1.807, 2.05) is 13.8 Å². The van der Waals surface area contributed by atoms with Crippen LogP contribution in [0.5, 0.6) is 0 Å². The smallest absolute Gasteiger partial charge is 0.133 e. The predicted octanol–water partition coefficient (Wildman–Crippen LogP) is 4.04. The summed E-state index contributed by atoms with van der Waals surface area (Å²) in [6.45, 7) is 5.66. The normalized spacial score (nSPS) is 15.0. The van der Waals surface area contributed by atoms with Gasteiger partial charge in [-0.3, -0.25) is 0 Å². The van der Waals surface area contributed by atoms with E-state index in [1.54, 1.807) is 13.1 Å². The number of carbonyl (C=O) groups is 1. The highest BCUT2D eigenvalue weighted by Crippen LogP contribution is 2.28. The van der Waals surface area contributed by atoms with Crippen LogP contribution >= 0.6 is 23.2 Å². The maximum absolute atomic E-state index is 10.5. The lowest BCUT2D eigenvalue weighted by Gasteiger charge is -2.07. The Morgan fingerprint density at radius 3 is 2.40 bits per heavy atom. The number of halogens is 2. The van der Waals surface area contributed by atoms with Gasteiger partial charge in [-0.15, -0.1) is 0 Å². The first-order chi connectivity index (χ1) is 7.08. The summed E-state index contributed by atoms with van der Waals surface area (Å²) in [7, 11) is 0. The van der Waals surface area contributed by atoms with Crippen molar-refractivity contribution < 1.29 is 4.79 Å². The third-order valence-corrected chi connectivity index (χ3v) is 2.83. The molecule has 0 aliphatic heterocycles.